The minimum absolute atomic E-state index is 0.667. The highest BCUT2D eigenvalue weighted by atomic mass is 16.5. The molecule has 0 spiro atoms. The zero-order chi connectivity index (χ0) is 13.9. The molecule has 0 aliphatic carbocycles. The lowest BCUT2D eigenvalue weighted by atomic mass is 10.00. The van der Waals surface area contributed by atoms with Crippen LogP contribution in [0.25, 0.3) is 10.9 Å². The molecule has 106 valence electrons. The summed E-state index contributed by atoms with van der Waals surface area (Å²) in [4.78, 5) is 10.9. The quantitative estimate of drug-likeness (QED) is 0.867. The van der Waals surface area contributed by atoms with Crippen LogP contribution in [0.2, 0.25) is 0 Å². The maximum Gasteiger partial charge on any atom is 0.139 e. The molecule has 1 saturated heterocycles. The fourth-order valence-electron chi connectivity index (χ4n) is 2.77. The van der Waals surface area contributed by atoms with Crippen LogP contribution >= 0.6 is 0 Å². The van der Waals surface area contributed by atoms with Crippen molar-refractivity contribution >= 4 is 22.4 Å². The monoisotopic (exact) mass is 272 g/mol. The number of aromatic nitrogens is 2. The molecule has 1 aliphatic heterocycles. The maximum absolute atomic E-state index is 5.89. The molecule has 0 radical (unpaired) electrons. The summed E-state index contributed by atoms with van der Waals surface area (Å²) in [5.41, 5.74) is 7.56. The van der Waals surface area contributed by atoms with Crippen molar-refractivity contribution in [2.75, 3.05) is 37.4 Å². The minimum Gasteiger partial charge on any atom is -0.399 e. The van der Waals surface area contributed by atoms with E-state index in [2.05, 4.69) is 21.9 Å². The van der Waals surface area contributed by atoms with E-state index in [0.29, 0.717) is 5.92 Å². The molecule has 5 heteroatoms. The Balaban J connectivity index is 1.86. The zero-order valence-electron chi connectivity index (χ0n) is 11.7. The number of nitrogens with zero attached hydrogens (tertiary/aromatic N) is 3. The van der Waals surface area contributed by atoms with Gasteiger partial charge in [0, 0.05) is 37.9 Å². The van der Waals surface area contributed by atoms with Crippen molar-refractivity contribution in [2.45, 2.75) is 12.8 Å². The van der Waals surface area contributed by atoms with E-state index < -0.39 is 0 Å². The molecule has 2 heterocycles. The Hall–Kier alpha value is -1.88. The minimum atomic E-state index is 0.667. The van der Waals surface area contributed by atoms with Gasteiger partial charge in [0.2, 0.25) is 0 Å². The van der Waals surface area contributed by atoms with Crippen LogP contribution in [0.1, 0.15) is 12.8 Å². The van der Waals surface area contributed by atoms with Crippen LogP contribution in [-0.2, 0) is 4.74 Å². The van der Waals surface area contributed by atoms with Gasteiger partial charge in [0.15, 0.2) is 0 Å². The Morgan fingerprint density at radius 2 is 2.10 bits per heavy atom. The molecule has 0 unspecified atom stereocenters. The Bertz CT molecular complexity index is 595. The van der Waals surface area contributed by atoms with Gasteiger partial charge >= 0.3 is 0 Å². The van der Waals surface area contributed by atoms with E-state index in [1.165, 1.54) is 0 Å². The molecule has 1 fully saturated rings. The number of benzene rings is 1. The number of hydrogen-bond acceptors (Lipinski definition) is 5. The van der Waals surface area contributed by atoms with Crippen molar-refractivity contribution in [1.82, 2.24) is 9.97 Å². The van der Waals surface area contributed by atoms with E-state index >= 15 is 0 Å². The topological polar surface area (TPSA) is 64.3 Å². The van der Waals surface area contributed by atoms with Crippen LogP contribution in [-0.4, -0.2) is 36.8 Å². The Kier molecular flexibility index (Phi) is 3.69. The van der Waals surface area contributed by atoms with Gasteiger partial charge in [-0.2, -0.15) is 0 Å². The molecule has 0 atom stereocenters. The highest BCUT2D eigenvalue weighted by Gasteiger charge is 2.17. The van der Waals surface area contributed by atoms with Gasteiger partial charge < -0.3 is 15.4 Å². The number of nitrogen functional groups attached to an aromatic ring is 1. The zero-order valence-corrected chi connectivity index (χ0v) is 11.7. The van der Waals surface area contributed by atoms with E-state index in [9.17, 15) is 0 Å². The number of ether oxygens (including phenoxy) is 1. The molecule has 0 amide bonds. The number of hydrogen-bond donors (Lipinski definition) is 1. The summed E-state index contributed by atoms with van der Waals surface area (Å²) in [6.45, 7) is 2.73. The first-order valence-corrected chi connectivity index (χ1v) is 7.03. The molecule has 20 heavy (non-hydrogen) atoms. The summed E-state index contributed by atoms with van der Waals surface area (Å²) >= 11 is 0. The van der Waals surface area contributed by atoms with E-state index in [1.54, 1.807) is 6.33 Å². The van der Waals surface area contributed by atoms with Crippen molar-refractivity contribution < 1.29 is 4.74 Å². The molecule has 3 rings (SSSR count). The van der Waals surface area contributed by atoms with Crippen molar-refractivity contribution in [1.29, 1.82) is 0 Å². The van der Waals surface area contributed by atoms with Gasteiger partial charge in [0.05, 0.1) is 5.52 Å². The summed E-state index contributed by atoms with van der Waals surface area (Å²) in [6.07, 6.45) is 3.86. The van der Waals surface area contributed by atoms with Crippen molar-refractivity contribution in [3.63, 3.8) is 0 Å². The molecule has 1 aliphatic rings. The lowest BCUT2D eigenvalue weighted by molar-refractivity contribution is 0.0685. The predicted molar refractivity (Wildman–Crippen MR) is 80.8 cm³/mol. The smallest absolute Gasteiger partial charge is 0.139 e. The first-order chi connectivity index (χ1) is 9.74. The number of fused-ring (bicyclic) bond motifs is 1. The summed E-state index contributed by atoms with van der Waals surface area (Å²) < 4.78 is 5.41. The summed E-state index contributed by atoms with van der Waals surface area (Å²) in [5, 5.41) is 1.02. The molecular formula is C15H20N4O. The number of nitrogens with two attached hydrogens (primary N) is 1. The summed E-state index contributed by atoms with van der Waals surface area (Å²) in [5.74, 6) is 1.62. The van der Waals surface area contributed by atoms with Crippen LogP contribution in [0.5, 0.6) is 0 Å². The van der Waals surface area contributed by atoms with Gasteiger partial charge in [-0.3, -0.25) is 0 Å². The third-order valence-corrected chi connectivity index (χ3v) is 3.87. The van der Waals surface area contributed by atoms with Crippen LogP contribution in [0.15, 0.2) is 24.5 Å². The average Bonchev–Trinajstić information content (AvgIpc) is 2.47. The fraction of sp³-hybridized carbons (Fsp3) is 0.467. The van der Waals surface area contributed by atoms with E-state index in [0.717, 1.165) is 55.0 Å². The van der Waals surface area contributed by atoms with Crippen LogP contribution in [0.4, 0.5) is 11.5 Å². The predicted octanol–water partition coefficient (Wildman–Crippen LogP) is 2.07. The fourth-order valence-corrected chi connectivity index (χ4v) is 2.77. The molecule has 2 aromatic rings. The molecule has 5 nitrogen and oxygen atoms in total. The third kappa shape index (κ3) is 2.67. The standard InChI is InChI=1S/C15H20N4O/c1-19(9-11-4-6-20-7-5-11)15-13-8-12(16)2-3-14(13)17-10-18-15/h2-3,8,10-11H,4-7,9,16H2,1H3. The van der Waals surface area contributed by atoms with Crippen molar-refractivity contribution in [3.8, 4) is 0 Å². The Labute approximate surface area is 118 Å². The van der Waals surface area contributed by atoms with E-state index in [4.69, 9.17) is 10.5 Å². The Morgan fingerprint density at radius 1 is 1.30 bits per heavy atom. The molecule has 2 N–H and O–H groups in total. The van der Waals surface area contributed by atoms with Crippen LogP contribution < -0.4 is 10.6 Å². The lowest BCUT2D eigenvalue weighted by Crippen LogP contribution is -2.30. The number of rotatable bonds is 3. The second-order valence-corrected chi connectivity index (χ2v) is 5.41. The van der Waals surface area contributed by atoms with Crippen LogP contribution in [0.3, 0.4) is 0 Å². The van der Waals surface area contributed by atoms with Gasteiger partial charge in [0.1, 0.15) is 12.1 Å². The van der Waals surface area contributed by atoms with Gasteiger partial charge in [-0.1, -0.05) is 0 Å². The Morgan fingerprint density at radius 3 is 2.90 bits per heavy atom. The second-order valence-electron chi connectivity index (χ2n) is 5.41. The van der Waals surface area contributed by atoms with Crippen LogP contribution in [0, 0.1) is 5.92 Å². The second kappa shape index (κ2) is 5.63. The number of anilines is 2. The van der Waals surface area contributed by atoms with Gasteiger partial charge in [-0.15, -0.1) is 0 Å². The average molecular weight is 272 g/mol. The van der Waals surface area contributed by atoms with E-state index in [1.807, 2.05) is 18.2 Å². The first-order valence-electron chi connectivity index (χ1n) is 7.03. The van der Waals surface area contributed by atoms with E-state index in [-0.39, 0.29) is 0 Å². The molecule has 0 bridgehead atoms. The SMILES string of the molecule is CN(CC1CCOCC1)c1ncnc2ccc(N)cc12. The van der Waals surface area contributed by atoms with Crippen molar-refractivity contribution in [2.24, 2.45) is 5.92 Å². The highest BCUT2D eigenvalue weighted by molar-refractivity contribution is 5.91. The highest BCUT2D eigenvalue weighted by Crippen LogP contribution is 2.26. The van der Waals surface area contributed by atoms with Gasteiger partial charge in [0.25, 0.3) is 0 Å². The molecule has 0 saturated carbocycles. The van der Waals surface area contributed by atoms with Gasteiger partial charge in [-0.05, 0) is 37.0 Å². The third-order valence-electron chi connectivity index (χ3n) is 3.87. The van der Waals surface area contributed by atoms with Gasteiger partial charge in [-0.25, -0.2) is 9.97 Å². The summed E-state index contributed by atoms with van der Waals surface area (Å²) in [7, 11) is 2.08. The molecule has 1 aromatic carbocycles. The largest absolute Gasteiger partial charge is 0.399 e. The molecule has 1 aromatic heterocycles. The summed E-state index contributed by atoms with van der Waals surface area (Å²) in [6, 6.07) is 5.76. The first kappa shape index (κ1) is 13.1. The molecular weight excluding hydrogens is 252 g/mol. The van der Waals surface area contributed by atoms with Crippen molar-refractivity contribution in [3.05, 3.63) is 24.5 Å². The maximum atomic E-state index is 5.89. The normalized spacial score (nSPS) is 16.4. The lowest BCUT2D eigenvalue weighted by Gasteiger charge is -2.28.